The minimum Gasteiger partial charge on any atom is -0.493 e. The van der Waals surface area contributed by atoms with E-state index in [1.165, 1.54) is 32.4 Å². The van der Waals surface area contributed by atoms with E-state index in [-0.39, 0.29) is 5.91 Å². The van der Waals surface area contributed by atoms with Crippen LogP contribution in [-0.4, -0.2) is 26.2 Å². The standard InChI is InChI=1S/C17H18FNO4/c1-11(23-14-6-4-5-12(18)9-14)17(20)19-13-7-8-15(21-2)16(10-13)22-3/h4-11H,1-3H3,(H,19,20). The number of anilines is 1. The largest absolute Gasteiger partial charge is 0.493 e. The third-order valence-electron chi connectivity index (χ3n) is 3.13. The lowest BCUT2D eigenvalue weighted by molar-refractivity contribution is -0.122. The lowest BCUT2D eigenvalue weighted by Gasteiger charge is -2.15. The zero-order chi connectivity index (χ0) is 16.8. The summed E-state index contributed by atoms with van der Waals surface area (Å²) in [6.45, 7) is 1.58. The number of benzene rings is 2. The third kappa shape index (κ3) is 4.35. The summed E-state index contributed by atoms with van der Waals surface area (Å²) in [6, 6.07) is 10.7. The highest BCUT2D eigenvalue weighted by Gasteiger charge is 2.16. The molecule has 122 valence electrons. The van der Waals surface area contributed by atoms with Crippen molar-refractivity contribution in [2.75, 3.05) is 19.5 Å². The molecule has 23 heavy (non-hydrogen) atoms. The van der Waals surface area contributed by atoms with Crippen molar-refractivity contribution in [3.63, 3.8) is 0 Å². The predicted octanol–water partition coefficient (Wildman–Crippen LogP) is 3.25. The van der Waals surface area contributed by atoms with Crippen LogP contribution in [0.15, 0.2) is 42.5 Å². The summed E-state index contributed by atoms with van der Waals surface area (Å²) in [7, 11) is 3.05. The monoisotopic (exact) mass is 319 g/mol. The average Bonchev–Trinajstić information content (AvgIpc) is 2.54. The van der Waals surface area contributed by atoms with Gasteiger partial charge in [-0.25, -0.2) is 4.39 Å². The molecule has 0 aliphatic rings. The van der Waals surface area contributed by atoms with Crippen LogP contribution in [0.4, 0.5) is 10.1 Å². The molecule has 1 unspecified atom stereocenters. The maximum absolute atomic E-state index is 13.1. The number of carbonyl (C=O) groups is 1. The first kappa shape index (κ1) is 16.6. The number of methoxy groups -OCH3 is 2. The quantitative estimate of drug-likeness (QED) is 0.888. The second-order valence-corrected chi connectivity index (χ2v) is 4.78. The highest BCUT2D eigenvalue weighted by atomic mass is 19.1. The Morgan fingerprint density at radius 1 is 1.09 bits per heavy atom. The molecule has 0 aliphatic carbocycles. The van der Waals surface area contributed by atoms with E-state index in [1.54, 1.807) is 31.2 Å². The highest BCUT2D eigenvalue weighted by Crippen LogP contribution is 2.29. The van der Waals surface area contributed by atoms with Gasteiger partial charge in [0, 0.05) is 17.8 Å². The summed E-state index contributed by atoms with van der Waals surface area (Å²) in [5.41, 5.74) is 0.544. The minimum absolute atomic E-state index is 0.292. The molecule has 0 saturated carbocycles. The molecule has 0 saturated heterocycles. The lowest BCUT2D eigenvalue weighted by Crippen LogP contribution is -2.30. The molecule has 1 atom stereocenters. The molecular formula is C17H18FNO4. The fourth-order valence-corrected chi connectivity index (χ4v) is 1.96. The van der Waals surface area contributed by atoms with E-state index in [0.717, 1.165) is 0 Å². The minimum atomic E-state index is -0.787. The summed E-state index contributed by atoms with van der Waals surface area (Å²) in [5, 5.41) is 2.71. The van der Waals surface area contributed by atoms with Crippen molar-refractivity contribution >= 4 is 11.6 Å². The maximum Gasteiger partial charge on any atom is 0.265 e. The van der Waals surface area contributed by atoms with Gasteiger partial charge in [-0.05, 0) is 31.2 Å². The van der Waals surface area contributed by atoms with Crippen molar-refractivity contribution in [3.05, 3.63) is 48.3 Å². The first-order valence-corrected chi connectivity index (χ1v) is 6.98. The Labute approximate surface area is 134 Å². The van der Waals surface area contributed by atoms with Crippen LogP contribution in [0.25, 0.3) is 0 Å². The number of nitrogens with one attached hydrogen (secondary N) is 1. The third-order valence-corrected chi connectivity index (χ3v) is 3.13. The van der Waals surface area contributed by atoms with Crippen LogP contribution in [-0.2, 0) is 4.79 Å². The van der Waals surface area contributed by atoms with Gasteiger partial charge in [0.15, 0.2) is 17.6 Å². The summed E-state index contributed by atoms with van der Waals surface area (Å²) >= 11 is 0. The molecule has 0 aliphatic heterocycles. The molecule has 2 rings (SSSR count). The molecule has 2 aromatic rings. The molecule has 2 aromatic carbocycles. The van der Waals surface area contributed by atoms with Crippen molar-refractivity contribution in [1.29, 1.82) is 0 Å². The molecule has 0 spiro atoms. The fraction of sp³-hybridized carbons (Fsp3) is 0.235. The number of ether oxygens (including phenoxy) is 3. The van der Waals surface area contributed by atoms with E-state index >= 15 is 0 Å². The van der Waals surface area contributed by atoms with Crippen molar-refractivity contribution in [1.82, 2.24) is 0 Å². The summed E-state index contributed by atoms with van der Waals surface area (Å²) in [6.07, 6.45) is -0.787. The van der Waals surface area contributed by atoms with Gasteiger partial charge in [0.1, 0.15) is 11.6 Å². The Balaban J connectivity index is 2.03. The van der Waals surface area contributed by atoms with Gasteiger partial charge in [-0.3, -0.25) is 4.79 Å². The topological polar surface area (TPSA) is 56.8 Å². The van der Waals surface area contributed by atoms with Crippen molar-refractivity contribution in [2.45, 2.75) is 13.0 Å². The molecule has 0 fully saturated rings. The van der Waals surface area contributed by atoms with Crippen LogP contribution < -0.4 is 19.5 Å². The van der Waals surface area contributed by atoms with Gasteiger partial charge >= 0.3 is 0 Å². The predicted molar refractivity (Wildman–Crippen MR) is 84.7 cm³/mol. The van der Waals surface area contributed by atoms with E-state index in [9.17, 15) is 9.18 Å². The molecule has 6 heteroatoms. The van der Waals surface area contributed by atoms with Crippen molar-refractivity contribution in [2.24, 2.45) is 0 Å². The number of halogens is 1. The molecular weight excluding hydrogens is 301 g/mol. The Morgan fingerprint density at radius 3 is 2.48 bits per heavy atom. The van der Waals surface area contributed by atoms with Crippen molar-refractivity contribution < 1.29 is 23.4 Å². The summed E-state index contributed by atoms with van der Waals surface area (Å²) < 4.78 is 28.9. The van der Waals surface area contributed by atoms with Crippen LogP contribution in [0.2, 0.25) is 0 Å². The molecule has 0 radical (unpaired) electrons. The number of carbonyl (C=O) groups excluding carboxylic acids is 1. The molecule has 0 heterocycles. The van der Waals surface area contributed by atoms with Gasteiger partial charge in [0.2, 0.25) is 0 Å². The number of hydrogen-bond acceptors (Lipinski definition) is 4. The van der Waals surface area contributed by atoms with Crippen LogP contribution in [0, 0.1) is 5.82 Å². The van der Waals surface area contributed by atoms with Crippen LogP contribution >= 0.6 is 0 Å². The zero-order valence-electron chi connectivity index (χ0n) is 13.1. The van der Waals surface area contributed by atoms with Crippen LogP contribution in [0.1, 0.15) is 6.92 Å². The second kappa shape index (κ2) is 7.49. The summed E-state index contributed by atoms with van der Waals surface area (Å²) in [4.78, 5) is 12.2. The summed E-state index contributed by atoms with van der Waals surface area (Å²) in [5.74, 6) is 0.579. The second-order valence-electron chi connectivity index (χ2n) is 4.78. The maximum atomic E-state index is 13.1. The van der Waals surface area contributed by atoms with Gasteiger partial charge < -0.3 is 19.5 Å². The molecule has 0 aromatic heterocycles. The Hall–Kier alpha value is -2.76. The number of rotatable bonds is 6. The Kier molecular flexibility index (Phi) is 5.41. The average molecular weight is 319 g/mol. The van der Waals surface area contributed by atoms with Gasteiger partial charge in [-0.2, -0.15) is 0 Å². The first-order valence-electron chi connectivity index (χ1n) is 6.98. The first-order chi connectivity index (χ1) is 11.0. The fourth-order valence-electron chi connectivity index (χ4n) is 1.96. The Bertz CT molecular complexity index is 690. The van der Waals surface area contributed by atoms with E-state index in [1.807, 2.05) is 0 Å². The number of hydrogen-bond donors (Lipinski definition) is 1. The van der Waals surface area contributed by atoms with Gasteiger partial charge in [-0.15, -0.1) is 0 Å². The molecule has 1 amide bonds. The molecule has 0 bridgehead atoms. The van der Waals surface area contributed by atoms with Gasteiger partial charge in [0.25, 0.3) is 5.91 Å². The van der Waals surface area contributed by atoms with E-state index in [4.69, 9.17) is 14.2 Å². The molecule has 1 N–H and O–H groups in total. The van der Waals surface area contributed by atoms with E-state index in [0.29, 0.717) is 22.9 Å². The van der Waals surface area contributed by atoms with E-state index in [2.05, 4.69) is 5.32 Å². The SMILES string of the molecule is COc1ccc(NC(=O)C(C)Oc2cccc(F)c2)cc1OC. The number of amides is 1. The van der Waals surface area contributed by atoms with Crippen molar-refractivity contribution in [3.8, 4) is 17.2 Å². The lowest BCUT2D eigenvalue weighted by atomic mass is 10.2. The highest BCUT2D eigenvalue weighted by molar-refractivity contribution is 5.94. The normalized spacial score (nSPS) is 11.5. The molecule has 5 nitrogen and oxygen atoms in total. The smallest absolute Gasteiger partial charge is 0.265 e. The zero-order valence-corrected chi connectivity index (χ0v) is 13.1. The van der Waals surface area contributed by atoms with Crippen LogP contribution in [0.3, 0.4) is 0 Å². The van der Waals surface area contributed by atoms with Gasteiger partial charge in [-0.1, -0.05) is 6.07 Å². The van der Waals surface area contributed by atoms with Gasteiger partial charge in [0.05, 0.1) is 14.2 Å². The van der Waals surface area contributed by atoms with Crippen LogP contribution in [0.5, 0.6) is 17.2 Å². The Morgan fingerprint density at radius 2 is 1.83 bits per heavy atom. The van der Waals surface area contributed by atoms with E-state index < -0.39 is 11.9 Å².